The quantitative estimate of drug-likeness (QED) is 0.168. The average Bonchev–Trinajstić information content (AvgIpc) is 2.86. The number of hydrogen-bond acceptors (Lipinski definition) is 3. The Hall–Kier alpha value is -3.41. The molecule has 0 aromatic heterocycles. The van der Waals surface area contributed by atoms with Crippen LogP contribution in [0.25, 0.3) is 32.7 Å². The van der Waals surface area contributed by atoms with Gasteiger partial charge in [0.05, 0.1) is 0 Å². The molecule has 0 bridgehead atoms. The third kappa shape index (κ3) is 4.34. The fourth-order valence-corrected chi connectivity index (χ4v) is 5.27. The van der Waals surface area contributed by atoms with Gasteiger partial charge >= 0.3 is 33.1 Å². The minimum atomic E-state index is -7.00. The van der Waals surface area contributed by atoms with E-state index in [1.165, 1.54) is 12.1 Å². The van der Waals surface area contributed by atoms with Crippen molar-refractivity contribution in [2.24, 2.45) is 0 Å². The Labute approximate surface area is 211 Å². The summed E-state index contributed by atoms with van der Waals surface area (Å²) in [5.74, 6) is -14.4. The van der Waals surface area contributed by atoms with E-state index in [2.05, 4.69) is 4.18 Å². The molecule has 202 valence electrons. The Balaban J connectivity index is 1.67. The maximum Gasteiger partial charge on any atom is 0.460 e. The van der Waals surface area contributed by atoms with Gasteiger partial charge in [0.1, 0.15) is 5.75 Å². The van der Waals surface area contributed by atoms with Crippen LogP contribution in [0.2, 0.25) is 0 Å². The summed E-state index contributed by atoms with van der Waals surface area (Å²) in [6, 6.07) is 21.6. The van der Waals surface area contributed by atoms with Crippen molar-refractivity contribution < 1.29 is 47.7 Å². The largest absolute Gasteiger partial charge is 0.460 e. The molecule has 0 aliphatic rings. The third-order valence-corrected chi connectivity index (χ3v) is 7.92. The van der Waals surface area contributed by atoms with Crippen molar-refractivity contribution in [1.82, 2.24) is 0 Å². The number of fused-ring (bicyclic) bond motifs is 2. The molecule has 0 N–H and O–H groups in total. The zero-order chi connectivity index (χ0) is 28.1. The highest BCUT2D eigenvalue weighted by Gasteiger charge is 2.84. The molecule has 0 heterocycles. The molecule has 0 fully saturated rings. The Morgan fingerprint density at radius 1 is 0.632 bits per heavy atom. The molecule has 4 aromatic carbocycles. The Morgan fingerprint density at radius 3 is 1.66 bits per heavy atom. The van der Waals surface area contributed by atoms with Gasteiger partial charge in [-0.15, -0.1) is 0 Å². The van der Waals surface area contributed by atoms with Crippen molar-refractivity contribution >= 4 is 31.7 Å². The molecule has 0 aliphatic carbocycles. The van der Waals surface area contributed by atoms with Gasteiger partial charge in [0.2, 0.25) is 0 Å². The number of alkyl halides is 8. The van der Waals surface area contributed by atoms with Crippen LogP contribution < -0.4 is 4.18 Å². The molecule has 0 amide bonds. The first-order valence-corrected chi connectivity index (χ1v) is 12.4. The molecular weight excluding hydrogens is 544 g/mol. The van der Waals surface area contributed by atoms with Crippen molar-refractivity contribution in [3.8, 4) is 16.9 Å². The van der Waals surface area contributed by atoms with Gasteiger partial charge in [0, 0.05) is 6.42 Å². The summed E-state index contributed by atoms with van der Waals surface area (Å²) in [6.45, 7) is 0.385. The highest BCUT2D eigenvalue weighted by Crippen LogP contribution is 2.55. The lowest BCUT2D eigenvalue weighted by molar-refractivity contribution is -0.371. The van der Waals surface area contributed by atoms with Crippen LogP contribution in [0.15, 0.2) is 78.9 Å². The van der Waals surface area contributed by atoms with Crippen LogP contribution in [-0.2, 0) is 10.1 Å². The molecule has 3 nitrogen and oxygen atoms in total. The first-order valence-electron chi connectivity index (χ1n) is 11.0. The molecule has 0 saturated carbocycles. The summed E-state index contributed by atoms with van der Waals surface area (Å²) in [4.78, 5) is 0. The molecule has 1 atom stereocenters. The van der Waals surface area contributed by atoms with Crippen LogP contribution in [0.5, 0.6) is 5.75 Å². The Morgan fingerprint density at radius 2 is 1.11 bits per heavy atom. The fraction of sp³-hybridized carbons (Fsp3) is 0.231. The Kier molecular flexibility index (Phi) is 6.62. The molecule has 1 unspecified atom stereocenters. The van der Waals surface area contributed by atoms with E-state index in [1.807, 2.05) is 42.5 Å². The molecule has 38 heavy (non-hydrogen) atoms. The van der Waals surface area contributed by atoms with Gasteiger partial charge in [-0.3, -0.25) is 0 Å². The van der Waals surface area contributed by atoms with E-state index in [9.17, 15) is 39.2 Å². The highest BCUT2D eigenvalue weighted by molar-refractivity contribution is 7.88. The zero-order valence-corrected chi connectivity index (χ0v) is 20.2. The predicted molar refractivity (Wildman–Crippen MR) is 127 cm³/mol. The summed E-state index contributed by atoms with van der Waals surface area (Å²) >= 11 is 0. The van der Waals surface area contributed by atoms with Crippen LogP contribution in [0.1, 0.15) is 13.3 Å². The second-order valence-electron chi connectivity index (χ2n) is 8.55. The van der Waals surface area contributed by atoms with E-state index in [1.54, 1.807) is 12.1 Å². The number of benzene rings is 4. The standard InChI is InChI=1S/C26H18F8O3S/c1-2-23(27,24(28,29)25(30,31)26(32,33)34)38(35,36)37-22-12-11-20-14-19(9-10-21(20)15-22)18-8-7-16-5-3-4-6-17(16)13-18/h3-15H,2H2,1H3. The molecular formula is C26H18F8O3S. The maximum absolute atomic E-state index is 15.0. The molecule has 4 aromatic rings. The minimum Gasteiger partial charge on any atom is -0.380 e. The first kappa shape index (κ1) is 27.6. The summed E-state index contributed by atoms with van der Waals surface area (Å²) in [5, 5.41) is -2.56. The lowest BCUT2D eigenvalue weighted by Crippen LogP contribution is -2.65. The maximum atomic E-state index is 15.0. The molecule has 0 spiro atoms. The summed E-state index contributed by atoms with van der Waals surface area (Å²) < 4.78 is 137. The van der Waals surface area contributed by atoms with Gasteiger partial charge in [-0.2, -0.15) is 39.2 Å². The highest BCUT2D eigenvalue weighted by atomic mass is 32.2. The van der Waals surface area contributed by atoms with Crippen molar-refractivity contribution in [1.29, 1.82) is 0 Å². The van der Waals surface area contributed by atoms with Gasteiger partial charge in [0.15, 0.2) is 0 Å². The molecule has 0 aliphatic heterocycles. The second kappa shape index (κ2) is 9.11. The van der Waals surface area contributed by atoms with E-state index in [-0.39, 0.29) is 0 Å². The van der Waals surface area contributed by atoms with Crippen LogP contribution in [0.4, 0.5) is 35.1 Å². The summed E-state index contributed by atoms with van der Waals surface area (Å²) in [5.41, 5.74) is 1.62. The number of halogens is 8. The normalized spacial score (nSPS) is 15.0. The minimum absolute atomic E-state index is 0.301. The molecule has 0 radical (unpaired) electrons. The molecule has 4 rings (SSSR count). The van der Waals surface area contributed by atoms with Crippen molar-refractivity contribution in [2.45, 2.75) is 36.4 Å². The second-order valence-corrected chi connectivity index (χ2v) is 10.3. The van der Waals surface area contributed by atoms with Crippen LogP contribution in [0, 0.1) is 0 Å². The first-order chi connectivity index (χ1) is 17.5. The number of rotatable bonds is 7. The van der Waals surface area contributed by atoms with Gasteiger partial charge in [-0.1, -0.05) is 61.5 Å². The topological polar surface area (TPSA) is 43.4 Å². The third-order valence-electron chi connectivity index (χ3n) is 6.17. The Bertz CT molecular complexity index is 1620. The molecule has 12 heteroatoms. The summed E-state index contributed by atoms with van der Waals surface area (Å²) in [7, 11) is -6.36. The van der Waals surface area contributed by atoms with E-state index in [0.29, 0.717) is 17.7 Å². The monoisotopic (exact) mass is 562 g/mol. The van der Waals surface area contributed by atoms with Crippen molar-refractivity contribution in [3.63, 3.8) is 0 Å². The van der Waals surface area contributed by atoms with Crippen LogP contribution in [-0.4, -0.2) is 31.4 Å². The summed E-state index contributed by atoms with van der Waals surface area (Å²) in [6.07, 6.45) is -8.87. The lowest BCUT2D eigenvalue weighted by atomic mass is 9.98. The van der Waals surface area contributed by atoms with E-state index in [4.69, 9.17) is 0 Å². The van der Waals surface area contributed by atoms with Gasteiger partial charge in [0.25, 0.3) is 0 Å². The van der Waals surface area contributed by atoms with Gasteiger partial charge in [-0.25, -0.2) is 4.39 Å². The van der Waals surface area contributed by atoms with Crippen LogP contribution >= 0.6 is 0 Å². The fourth-order valence-electron chi connectivity index (χ4n) is 3.99. The van der Waals surface area contributed by atoms with E-state index in [0.717, 1.165) is 34.0 Å². The molecule has 0 saturated heterocycles. The lowest BCUT2D eigenvalue weighted by Gasteiger charge is -2.36. The average molecular weight is 562 g/mol. The zero-order valence-electron chi connectivity index (χ0n) is 19.4. The van der Waals surface area contributed by atoms with Crippen molar-refractivity contribution in [2.75, 3.05) is 0 Å². The van der Waals surface area contributed by atoms with Crippen LogP contribution in [0.3, 0.4) is 0 Å². The van der Waals surface area contributed by atoms with Gasteiger partial charge in [-0.05, 0) is 56.9 Å². The smallest absolute Gasteiger partial charge is 0.380 e. The number of hydrogen-bond donors (Lipinski definition) is 0. The predicted octanol–water partition coefficient (Wildman–Crippen LogP) is 8.28. The van der Waals surface area contributed by atoms with E-state index < -0.39 is 45.3 Å². The van der Waals surface area contributed by atoms with Crippen molar-refractivity contribution in [3.05, 3.63) is 78.9 Å². The SMILES string of the molecule is CCC(F)(C(F)(F)C(F)(F)C(F)(F)F)S(=O)(=O)Oc1ccc2cc(-c3ccc4ccccc4c3)ccc2c1. The van der Waals surface area contributed by atoms with Gasteiger partial charge < -0.3 is 4.18 Å². The van der Waals surface area contributed by atoms with E-state index >= 15 is 4.39 Å².